The molecule has 1 heterocycles. The zero-order chi connectivity index (χ0) is 7.84. The fraction of sp³-hybridized carbons (Fsp3) is 0.556. The van der Waals surface area contributed by atoms with Gasteiger partial charge < -0.3 is 5.73 Å². The Kier molecular flexibility index (Phi) is 1.74. The van der Waals surface area contributed by atoms with Gasteiger partial charge in [-0.3, -0.25) is 0 Å². The zero-order valence-corrected chi connectivity index (χ0v) is 7.53. The van der Waals surface area contributed by atoms with Crippen molar-refractivity contribution >= 4 is 11.3 Å². The van der Waals surface area contributed by atoms with E-state index in [1.807, 2.05) is 11.3 Å². The van der Waals surface area contributed by atoms with Gasteiger partial charge in [-0.25, -0.2) is 0 Å². The van der Waals surface area contributed by atoms with Crippen LogP contribution < -0.4 is 5.73 Å². The van der Waals surface area contributed by atoms with Crippen LogP contribution in [0.5, 0.6) is 0 Å². The molecule has 11 heavy (non-hydrogen) atoms. The molecule has 0 amide bonds. The second kappa shape index (κ2) is 2.61. The van der Waals surface area contributed by atoms with Gasteiger partial charge >= 0.3 is 0 Å². The van der Waals surface area contributed by atoms with Crippen LogP contribution in [-0.2, 0) is 6.42 Å². The first-order chi connectivity index (χ1) is 5.29. The zero-order valence-electron chi connectivity index (χ0n) is 6.71. The van der Waals surface area contributed by atoms with Gasteiger partial charge in [-0.15, -0.1) is 0 Å². The smallest absolute Gasteiger partial charge is 0.00798 e. The molecule has 1 aromatic heterocycles. The molecule has 2 heteroatoms. The Labute approximate surface area is 71.2 Å². The van der Waals surface area contributed by atoms with E-state index in [-0.39, 0.29) is 0 Å². The maximum absolute atomic E-state index is 5.88. The van der Waals surface area contributed by atoms with Crippen LogP contribution in [-0.4, -0.2) is 6.04 Å². The van der Waals surface area contributed by atoms with Crippen LogP contribution in [0.2, 0.25) is 0 Å². The molecule has 0 aliphatic heterocycles. The molecule has 2 N–H and O–H groups in total. The Morgan fingerprint density at radius 3 is 3.18 bits per heavy atom. The van der Waals surface area contributed by atoms with Crippen molar-refractivity contribution in [2.24, 2.45) is 5.73 Å². The van der Waals surface area contributed by atoms with Crippen molar-refractivity contribution in [1.29, 1.82) is 0 Å². The van der Waals surface area contributed by atoms with E-state index >= 15 is 0 Å². The van der Waals surface area contributed by atoms with Gasteiger partial charge in [-0.2, -0.15) is 11.3 Å². The molecule has 2 unspecified atom stereocenters. The molecular formula is C9H13NS. The molecule has 2 atom stereocenters. The van der Waals surface area contributed by atoms with Crippen LogP contribution in [0.3, 0.4) is 0 Å². The van der Waals surface area contributed by atoms with Crippen molar-refractivity contribution in [2.45, 2.75) is 31.7 Å². The van der Waals surface area contributed by atoms with Gasteiger partial charge in [-0.1, -0.05) is 0 Å². The summed E-state index contributed by atoms with van der Waals surface area (Å²) in [6.07, 6.45) is 2.50. The van der Waals surface area contributed by atoms with E-state index in [0.29, 0.717) is 12.0 Å². The van der Waals surface area contributed by atoms with Crippen LogP contribution in [0.15, 0.2) is 10.8 Å². The van der Waals surface area contributed by atoms with Crippen molar-refractivity contribution in [1.82, 2.24) is 0 Å². The average molecular weight is 167 g/mol. The van der Waals surface area contributed by atoms with Crippen molar-refractivity contribution < 1.29 is 0 Å². The van der Waals surface area contributed by atoms with E-state index in [1.54, 1.807) is 0 Å². The van der Waals surface area contributed by atoms with Crippen molar-refractivity contribution in [3.63, 3.8) is 0 Å². The predicted molar refractivity (Wildman–Crippen MR) is 49.0 cm³/mol. The Morgan fingerprint density at radius 1 is 1.64 bits per heavy atom. The van der Waals surface area contributed by atoms with Crippen LogP contribution in [0.1, 0.15) is 30.4 Å². The molecule has 2 rings (SSSR count). The summed E-state index contributed by atoms with van der Waals surface area (Å²) in [4.78, 5) is 0. The highest BCUT2D eigenvalue weighted by atomic mass is 32.1. The largest absolute Gasteiger partial charge is 0.327 e. The van der Waals surface area contributed by atoms with Gasteiger partial charge in [0.25, 0.3) is 0 Å². The van der Waals surface area contributed by atoms with Gasteiger partial charge in [-0.05, 0) is 41.7 Å². The minimum Gasteiger partial charge on any atom is -0.327 e. The summed E-state index contributed by atoms with van der Waals surface area (Å²) in [5.41, 5.74) is 8.93. The molecule has 0 saturated carbocycles. The molecule has 0 spiro atoms. The lowest BCUT2D eigenvalue weighted by Crippen LogP contribution is -2.22. The van der Waals surface area contributed by atoms with E-state index < -0.39 is 0 Å². The molecule has 1 aromatic rings. The molecule has 0 bridgehead atoms. The number of rotatable bonds is 1. The Balaban J connectivity index is 2.31. The highest BCUT2D eigenvalue weighted by molar-refractivity contribution is 7.08. The monoisotopic (exact) mass is 167 g/mol. The summed E-state index contributed by atoms with van der Waals surface area (Å²) >= 11 is 1.81. The number of thiophene rings is 1. The predicted octanol–water partition coefficient (Wildman–Crippen LogP) is 2.13. The van der Waals surface area contributed by atoms with Gasteiger partial charge in [0.05, 0.1) is 0 Å². The lowest BCUT2D eigenvalue weighted by atomic mass is 9.97. The third-order valence-electron chi connectivity index (χ3n) is 2.53. The van der Waals surface area contributed by atoms with Gasteiger partial charge in [0.2, 0.25) is 0 Å². The number of nitrogens with two attached hydrogens (primary N) is 1. The average Bonchev–Trinajstić information content (AvgIpc) is 2.41. The van der Waals surface area contributed by atoms with Gasteiger partial charge in [0, 0.05) is 12.0 Å². The van der Waals surface area contributed by atoms with Crippen molar-refractivity contribution in [3.05, 3.63) is 21.9 Å². The Bertz CT molecular complexity index is 252. The number of aryl methyl sites for hydroxylation is 1. The van der Waals surface area contributed by atoms with Crippen LogP contribution in [0, 0.1) is 0 Å². The number of hydrogen-bond donors (Lipinski definition) is 1. The van der Waals surface area contributed by atoms with Gasteiger partial charge in [0.15, 0.2) is 0 Å². The first kappa shape index (κ1) is 7.32. The van der Waals surface area contributed by atoms with Crippen LogP contribution in [0.25, 0.3) is 0 Å². The minimum absolute atomic E-state index is 0.325. The SMILES string of the molecule is CC(N)C1CCc2cscc21. The fourth-order valence-corrected chi connectivity index (χ4v) is 2.83. The number of fused-ring (bicyclic) bond motifs is 1. The quantitative estimate of drug-likeness (QED) is 0.681. The maximum Gasteiger partial charge on any atom is 0.00798 e. The first-order valence-corrected chi connectivity index (χ1v) is 5.04. The van der Waals surface area contributed by atoms with Gasteiger partial charge in [0.1, 0.15) is 0 Å². The van der Waals surface area contributed by atoms with Crippen molar-refractivity contribution in [2.75, 3.05) is 0 Å². The lowest BCUT2D eigenvalue weighted by Gasteiger charge is -2.13. The molecule has 60 valence electrons. The standard InChI is InChI=1S/C9H13NS/c1-6(10)8-3-2-7-4-11-5-9(7)8/h4-6,8H,2-3,10H2,1H3. The van der Waals surface area contributed by atoms with Crippen LogP contribution in [0.4, 0.5) is 0 Å². The number of hydrogen-bond acceptors (Lipinski definition) is 2. The molecule has 0 aromatic carbocycles. The highest BCUT2D eigenvalue weighted by Gasteiger charge is 2.25. The summed E-state index contributed by atoms with van der Waals surface area (Å²) in [6.45, 7) is 2.11. The normalized spacial score (nSPS) is 25.1. The minimum atomic E-state index is 0.325. The third-order valence-corrected chi connectivity index (χ3v) is 3.35. The first-order valence-electron chi connectivity index (χ1n) is 4.09. The van der Waals surface area contributed by atoms with E-state index in [2.05, 4.69) is 17.7 Å². The summed E-state index contributed by atoms with van der Waals surface area (Å²) in [5, 5.41) is 4.52. The van der Waals surface area contributed by atoms with E-state index in [9.17, 15) is 0 Å². The molecule has 1 nitrogen and oxygen atoms in total. The van der Waals surface area contributed by atoms with E-state index in [0.717, 1.165) is 0 Å². The third kappa shape index (κ3) is 1.10. The Hall–Kier alpha value is -0.340. The lowest BCUT2D eigenvalue weighted by molar-refractivity contribution is 0.565. The second-order valence-corrected chi connectivity index (χ2v) is 4.10. The van der Waals surface area contributed by atoms with E-state index in [1.165, 1.54) is 24.0 Å². The fourth-order valence-electron chi connectivity index (χ4n) is 1.87. The molecule has 0 fully saturated rings. The summed E-state index contributed by atoms with van der Waals surface area (Å²) < 4.78 is 0. The maximum atomic E-state index is 5.88. The molecule has 1 aliphatic rings. The second-order valence-electron chi connectivity index (χ2n) is 3.36. The summed E-state index contributed by atoms with van der Waals surface area (Å²) in [6, 6.07) is 0.325. The Morgan fingerprint density at radius 2 is 2.45 bits per heavy atom. The molecular weight excluding hydrogens is 154 g/mol. The highest BCUT2D eigenvalue weighted by Crippen LogP contribution is 2.36. The summed E-state index contributed by atoms with van der Waals surface area (Å²) in [7, 11) is 0. The topological polar surface area (TPSA) is 26.0 Å². The molecule has 0 radical (unpaired) electrons. The van der Waals surface area contributed by atoms with Crippen molar-refractivity contribution in [3.8, 4) is 0 Å². The summed E-state index contributed by atoms with van der Waals surface area (Å²) in [5.74, 6) is 0.635. The molecule has 0 saturated heterocycles. The van der Waals surface area contributed by atoms with Crippen LogP contribution >= 0.6 is 11.3 Å². The molecule has 1 aliphatic carbocycles. The van der Waals surface area contributed by atoms with E-state index in [4.69, 9.17) is 5.73 Å².